The van der Waals surface area contributed by atoms with Gasteiger partial charge in [0.1, 0.15) is 0 Å². The third-order valence-corrected chi connectivity index (χ3v) is 3.50. The molecule has 1 heterocycles. The Kier molecular flexibility index (Phi) is 7.56. The largest absolute Gasteiger partial charge is 0.450 e. The van der Waals surface area contributed by atoms with Gasteiger partial charge in [0, 0.05) is 39.0 Å². The maximum atomic E-state index is 12.0. The van der Waals surface area contributed by atoms with Gasteiger partial charge in [-0.1, -0.05) is 6.42 Å². The smallest absolute Gasteiger partial charge is 0.409 e. The van der Waals surface area contributed by atoms with E-state index in [1.54, 1.807) is 16.7 Å². The zero-order valence-corrected chi connectivity index (χ0v) is 12.8. The molecule has 1 aliphatic heterocycles. The van der Waals surface area contributed by atoms with Gasteiger partial charge in [0.15, 0.2) is 0 Å². The molecule has 0 aromatic carbocycles. The second kappa shape index (κ2) is 9.20. The molecule has 3 N–H and O–H groups in total. The van der Waals surface area contributed by atoms with Crippen LogP contribution in [0.15, 0.2) is 0 Å². The number of rotatable bonds is 7. The quantitative estimate of drug-likeness (QED) is 0.418. The number of amides is 2. The summed E-state index contributed by atoms with van der Waals surface area (Å²) in [6.07, 6.45) is 3.43. The Morgan fingerprint density at radius 1 is 1.05 bits per heavy atom. The molecule has 7 nitrogen and oxygen atoms in total. The van der Waals surface area contributed by atoms with E-state index in [0.29, 0.717) is 45.6 Å². The summed E-state index contributed by atoms with van der Waals surface area (Å²) in [7, 11) is 0. The molecule has 2 amide bonds. The van der Waals surface area contributed by atoms with Crippen LogP contribution in [-0.2, 0) is 9.53 Å². The number of nitrogens with zero attached hydrogens (tertiary/aromatic N) is 2. The highest BCUT2D eigenvalue weighted by Gasteiger charge is 2.24. The molecule has 0 spiro atoms. The summed E-state index contributed by atoms with van der Waals surface area (Å²) in [5.41, 5.74) is 5.28. The van der Waals surface area contributed by atoms with Gasteiger partial charge in [-0.15, -0.1) is 0 Å². The number of amidine groups is 1. The van der Waals surface area contributed by atoms with E-state index in [0.717, 1.165) is 19.3 Å². The molecule has 0 saturated carbocycles. The molecule has 0 bridgehead atoms. The normalized spacial score (nSPS) is 14.9. The highest BCUT2D eigenvalue weighted by molar-refractivity contribution is 5.77. The average molecular weight is 298 g/mol. The molecule has 21 heavy (non-hydrogen) atoms. The van der Waals surface area contributed by atoms with Crippen LogP contribution >= 0.6 is 0 Å². The fourth-order valence-electron chi connectivity index (χ4n) is 2.28. The fraction of sp³-hybridized carbons (Fsp3) is 0.786. The van der Waals surface area contributed by atoms with Crippen molar-refractivity contribution in [2.24, 2.45) is 5.73 Å². The van der Waals surface area contributed by atoms with Crippen molar-refractivity contribution in [1.29, 1.82) is 5.41 Å². The lowest BCUT2D eigenvalue weighted by atomic mass is 10.1. The summed E-state index contributed by atoms with van der Waals surface area (Å²) in [6, 6.07) is 0. The van der Waals surface area contributed by atoms with Gasteiger partial charge in [-0.3, -0.25) is 10.2 Å². The van der Waals surface area contributed by atoms with E-state index >= 15 is 0 Å². The Labute approximate surface area is 125 Å². The predicted molar refractivity (Wildman–Crippen MR) is 80.2 cm³/mol. The lowest BCUT2D eigenvalue weighted by Gasteiger charge is -2.34. The molecular weight excluding hydrogens is 272 g/mol. The van der Waals surface area contributed by atoms with Crippen molar-refractivity contribution in [3.63, 3.8) is 0 Å². The first kappa shape index (κ1) is 17.3. The summed E-state index contributed by atoms with van der Waals surface area (Å²) in [4.78, 5) is 27.0. The molecule has 120 valence electrons. The van der Waals surface area contributed by atoms with Crippen LogP contribution < -0.4 is 5.73 Å². The summed E-state index contributed by atoms with van der Waals surface area (Å²) in [5.74, 6) is 0.345. The Balaban J connectivity index is 2.17. The van der Waals surface area contributed by atoms with Crippen LogP contribution in [0.2, 0.25) is 0 Å². The van der Waals surface area contributed by atoms with Crippen LogP contribution in [0.25, 0.3) is 0 Å². The molecule has 0 aliphatic carbocycles. The van der Waals surface area contributed by atoms with E-state index in [-0.39, 0.29) is 17.8 Å². The van der Waals surface area contributed by atoms with Crippen LogP contribution in [0.3, 0.4) is 0 Å². The number of carbonyl (C=O) groups is 2. The molecule has 0 unspecified atom stereocenters. The van der Waals surface area contributed by atoms with Crippen LogP contribution in [0.1, 0.15) is 39.0 Å². The van der Waals surface area contributed by atoms with Gasteiger partial charge in [-0.05, 0) is 19.8 Å². The number of nitrogens with one attached hydrogen (secondary N) is 1. The van der Waals surface area contributed by atoms with Crippen molar-refractivity contribution in [2.45, 2.75) is 39.0 Å². The highest BCUT2D eigenvalue weighted by atomic mass is 16.6. The van der Waals surface area contributed by atoms with Gasteiger partial charge >= 0.3 is 6.09 Å². The summed E-state index contributed by atoms with van der Waals surface area (Å²) >= 11 is 0. The Bertz CT molecular complexity index is 365. The maximum Gasteiger partial charge on any atom is 0.409 e. The van der Waals surface area contributed by atoms with Crippen LogP contribution in [-0.4, -0.2) is 60.4 Å². The number of unbranched alkanes of at least 4 members (excludes halogenated alkanes) is 2. The summed E-state index contributed by atoms with van der Waals surface area (Å²) in [5, 5.41) is 7.12. The lowest BCUT2D eigenvalue weighted by molar-refractivity contribution is -0.132. The van der Waals surface area contributed by atoms with Crippen LogP contribution in [0.5, 0.6) is 0 Å². The molecule has 7 heteroatoms. The Morgan fingerprint density at radius 2 is 1.62 bits per heavy atom. The number of hydrogen-bond acceptors (Lipinski definition) is 4. The molecule has 1 rings (SSSR count). The topological polar surface area (TPSA) is 99.7 Å². The number of ether oxygens (including phenoxy) is 1. The number of carbonyl (C=O) groups excluding carboxylic acids is 2. The van der Waals surface area contributed by atoms with Crippen molar-refractivity contribution in [1.82, 2.24) is 9.80 Å². The van der Waals surface area contributed by atoms with Crippen molar-refractivity contribution >= 4 is 17.8 Å². The molecule has 0 radical (unpaired) electrons. The minimum Gasteiger partial charge on any atom is -0.450 e. The molecule has 1 fully saturated rings. The zero-order valence-electron chi connectivity index (χ0n) is 12.8. The van der Waals surface area contributed by atoms with E-state index in [1.807, 2.05) is 0 Å². The SMILES string of the molecule is CCOC(=O)N1CCN(C(=O)CCCCCC(=N)N)CC1. The predicted octanol–water partition coefficient (Wildman–Crippen LogP) is 1.17. The van der Waals surface area contributed by atoms with E-state index in [2.05, 4.69) is 0 Å². The first-order chi connectivity index (χ1) is 10.0. The lowest BCUT2D eigenvalue weighted by Crippen LogP contribution is -2.50. The monoisotopic (exact) mass is 298 g/mol. The van der Waals surface area contributed by atoms with Crippen molar-refractivity contribution in [3.8, 4) is 0 Å². The summed E-state index contributed by atoms with van der Waals surface area (Å²) in [6.45, 7) is 4.38. The second-order valence-corrected chi connectivity index (χ2v) is 5.15. The first-order valence-electron chi connectivity index (χ1n) is 7.57. The standard InChI is InChI=1S/C14H26N4O3/c1-2-21-14(20)18-10-8-17(9-11-18)13(19)7-5-3-4-6-12(15)16/h2-11H2,1H3,(H3,15,16). The highest BCUT2D eigenvalue weighted by Crippen LogP contribution is 2.09. The van der Waals surface area contributed by atoms with Gasteiger partial charge in [-0.25, -0.2) is 4.79 Å². The van der Waals surface area contributed by atoms with Crippen molar-refractivity contribution in [2.75, 3.05) is 32.8 Å². The number of hydrogen-bond donors (Lipinski definition) is 2. The number of piperazine rings is 1. The minimum atomic E-state index is -0.297. The maximum absolute atomic E-state index is 12.0. The molecule has 1 saturated heterocycles. The first-order valence-corrected chi connectivity index (χ1v) is 7.57. The van der Waals surface area contributed by atoms with Gasteiger partial charge in [0.25, 0.3) is 0 Å². The average Bonchev–Trinajstić information content (AvgIpc) is 2.46. The van der Waals surface area contributed by atoms with E-state index in [4.69, 9.17) is 15.9 Å². The van der Waals surface area contributed by atoms with E-state index in [9.17, 15) is 9.59 Å². The third-order valence-electron chi connectivity index (χ3n) is 3.50. The van der Waals surface area contributed by atoms with Crippen LogP contribution in [0.4, 0.5) is 4.79 Å². The fourth-order valence-corrected chi connectivity index (χ4v) is 2.28. The van der Waals surface area contributed by atoms with Crippen molar-refractivity contribution in [3.05, 3.63) is 0 Å². The van der Waals surface area contributed by atoms with Crippen molar-refractivity contribution < 1.29 is 14.3 Å². The van der Waals surface area contributed by atoms with Gasteiger partial charge in [-0.2, -0.15) is 0 Å². The molecule has 1 aliphatic rings. The molecule has 0 aromatic rings. The van der Waals surface area contributed by atoms with Gasteiger partial charge < -0.3 is 20.3 Å². The van der Waals surface area contributed by atoms with E-state index < -0.39 is 0 Å². The molecule has 0 atom stereocenters. The van der Waals surface area contributed by atoms with Gasteiger partial charge in [0.05, 0.1) is 12.4 Å². The molecular formula is C14H26N4O3. The minimum absolute atomic E-state index is 0.140. The second-order valence-electron chi connectivity index (χ2n) is 5.15. The summed E-state index contributed by atoms with van der Waals surface area (Å²) < 4.78 is 4.94. The van der Waals surface area contributed by atoms with Gasteiger partial charge in [0.2, 0.25) is 5.91 Å². The molecule has 0 aromatic heterocycles. The Morgan fingerprint density at radius 3 is 2.19 bits per heavy atom. The zero-order chi connectivity index (χ0) is 15.7. The van der Waals surface area contributed by atoms with E-state index in [1.165, 1.54) is 0 Å². The number of nitrogens with two attached hydrogens (primary N) is 1. The Hall–Kier alpha value is -1.79. The van der Waals surface area contributed by atoms with Crippen LogP contribution in [0, 0.1) is 5.41 Å². The third kappa shape index (κ3) is 6.46.